The zero-order valence-electron chi connectivity index (χ0n) is 9.92. The molecule has 0 unspecified atom stereocenters. The highest BCUT2D eigenvalue weighted by Crippen LogP contribution is 2.21. The second-order valence-electron chi connectivity index (χ2n) is 3.47. The van der Waals surface area contributed by atoms with Crippen LogP contribution in [0.1, 0.15) is 24.2 Å². The topological polar surface area (TPSA) is 33.3 Å². The first-order chi connectivity index (χ1) is 7.22. The zero-order chi connectivity index (χ0) is 11.3. The van der Waals surface area contributed by atoms with E-state index in [4.69, 9.17) is 4.74 Å². The van der Waals surface area contributed by atoms with Crippen molar-refractivity contribution in [1.82, 2.24) is 10.6 Å². The molecule has 0 aliphatic rings. The number of hydrogen-bond acceptors (Lipinski definition) is 3. The van der Waals surface area contributed by atoms with Gasteiger partial charge >= 0.3 is 0 Å². The van der Waals surface area contributed by atoms with Crippen LogP contribution in [-0.2, 0) is 0 Å². The molecule has 0 bridgehead atoms. The Balaban J connectivity index is 2.89. The van der Waals surface area contributed by atoms with Crippen molar-refractivity contribution in [2.45, 2.75) is 20.0 Å². The maximum absolute atomic E-state index is 5.50. The largest absolute Gasteiger partial charge is 0.494 e. The van der Waals surface area contributed by atoms with Gasteiger partial charge in [-0.3, -0.25) is 0 Å². The Kier molecular flexibility index (Phi) is 4.59. The van der Waals surface area contributed by atoms with Gasteiger partial charge < -0.3 is 15.4 Å². The molecule has 3 nitrogen and oxygen atoms in total. The average molecular weight is 208 g/mol. The molecule has 3 heteroatoms. The number of benzene rings is 1. The van der Waals surface area contributed by atoms with Crippen LogP contribution in [0.15, 0.2) is 18.2 Å². The van der Waals surface area contributed by atoms with Crippen molar-refractivity contribution in [3.05, 3.63) is 29.3 Å². The highest BCUT2D eigenvalue weighted by molar-refractivity contribution is 5.37. The summed E-state index contributed by atoms with van der Waals surface area (Å²) in [4.78, 5) is 0. The summed E-state index contributed by atoms with van der Waals surface area (Å²) < 4.78 is 5.50. The molecule has 0 aliphatic carbocycles. The van der Waals surface area contributed by atoms with Crippen molar-refractivity contribution in [3.8, 4) is 5.75 Å². The van der Waals surface area contributed by atoms with Gasteiger partial charge in [-0.25, -0.2) is 0 Å². The molecular formula is C12H20N2O. The highest BCUT2D eigenvalue weighted by Gasteiger charge is 2.07. The minimum atomic E-state index is 0.194. The maximum atomic E-state index is 5.50. The summed E-state index contributed by atoms with van der Waals surface area (Å²) in [5.41, 5.74) is 2.39. The van der Waals surface area contributed by atoms with Crippen LogP contribution in [0.4, 0.5) is 0 Å². The van der Waals surface area contributed by atoms with Crippen molar-refractivity contribution in [1.29, 1.82) is 0 Å². The fourth-order valence-electron chi connectivity index (χ4n) is 1.65. The summed E-state index contributed by atoms with van der Waals surface area (Å²) in [6.07, 6.45) is 0.194. The maximum Gasteiger partial charge on any atom is 0.122 e. The first-order valence-electron chi connectivity index (χ1n) is 5.30. The summed E-state index contributed by atoms with van der Waals surface area (Å²) in [5, 5.41) is 6.39. The predicted molar refractivity (Wildman–Crippen MR) is 63.2 cm³/mol. The summed E-state index contributed by atoms with van der Waals surface area (Å²) in [6.45, 7) is 4.77. The summed E-state index contributed by atoms with van der Waals surface area (Å²) in [6, 6.07) is 6.24. The van der Waals surface area contributed by atoms with E-state index in [2.05, 4.69) is 29.7 Å². The molecule has 1 rings (SSSR count). The third-order valence-electron chi connectivity index (χ3n) is 2.41. The lowest BCUT2D eigenvalue weighted by Crippen LogP contribution is -2.28. The third kappa shape index (κ3) is 2.94. The van der Waals surface area contributed by atoms with Crippen LogP contribution in [0.3, 0.4) is 0 Å². The smallest absolute Gasteiger partial charge is 0.122 e. The van der Waals surface area contributed by atoms with Crippen LogP contribution in [0.2, 0.25) is 0 Å². The lowest BCUT2D eigenvalue weighted by atomic mass is 10.1. The second kappa shape index (κ2) is 5.73. The van der Waals surface area contributed by atoms with Gasteiger partial charge in [-0.05, 0) is 51.2 Å². The minimum Gasteiger partial charge on any atom is -0.494 e. The lowest BCUT2D eigenvalue weighted by Gasteiger charge is -2.17. The number of rotatable bonds is 5. The summed E-state index contributed by atoms with van der Waals surface area (Å²) in [7, 11) is 3.87. The van der Waals surface area contributed by atoms with Crippen molar-refractivity contribution >= 4 is 0 Å². The molecule has 0 heterocycles. The number of nitrogens with one attached hydrogen (secondary N) is 2. The van der Waals surface area contributed by atoms with Gasteiger partial charge in [-0.2, -0.15) is 0 Å². The summed E-state index contributed by atoms with van der Waals surface area (Å²) in [5.74, 6) is 0.965. The van der Waals surface area contributed by atoms with Gasteiger partial charge in [0.15, 0.2) is 0 Å². The molecular weight excluding hydrogens is 188 g/mol. The molecule has 0 radical (unpaired) electrons. The molecule has 15 heavy (non-hydrogen) atoms. The van der Waals surface area contributed by atoms with Crippen molar-refractivity contribution in [2.75, 3.05) is 20.7 Å². The van der Waals surface area contributed by atoms with Crippen molar-refractivity contribution in [2.24, 2.45) is 0 Å². The molecule has 0 saturated heterocycles. The Hall–Kier alpha value is -1.06. The molecule has 0 spiro atoms. The van der Waals surface area contributed by atoms with Gasteiger partial charge in [0.1, 0.15) is 5.75 Å². The fourth-order valence-corrected chi connectivity index (χ4v) is 1.65. The Morgan fingerprint density at radius 2 is 1.93 bits per heavy atom. The van der Waals surface area contributed by atoms with E-state index in [1.165, 1.54) is 11.1 Å². The van der Waals surface area contributed by atoms with Crippen LogP contribution in [0, 0.1) is 6.92 Å². The molecule has 0 aromatic heterocycles. The normalized spacial score (nSPS) is 10.7. The molecule has 84 valence electrons. The van der Waals surface area contributed by atoms with Gasteiger partial charge in [0.05, 0.1) is 12.8 Å². The highest BCUT2D eigenvalue weighted by atomic mass is 16.5. The van der Waals surface area contributed by atoms with E-state index in [0.29, 0.717) is 6.61 Å². The predicted octanol–water partition coefficient (Wildman–Crippen LogP) is 1.83. The van der Waals surface area contributed by atoms with E-state index in [0.717, 1.165) is 5.75 Å². The van der Waals surface area contributed by atoms with E-state index in [1.54, 1.807) is 0 Å². The first kappa shape index (κ1) is 12.0. The Bertz CT molecular complexity index is 308. The fraction of sp³-hybridized carbons (Fsp3) is 0.500. The molecule has 0 fully saturated rings. The van der Waals surface area contributed by atoms with Gasteiger partial charge in [-0.15, -0.1) is 0 Å². The van der Waals surface area contributed by atoms with Gasteiger partial charge in [0, 0.05) is 0 Å². The number of ether oxygens (including phenoxy) is 1. The molecule has 0 saturated carbocycles. The summed E-state index contributed by atoms with van der Waals surface area (Å²) >= 11 is 0. The third-order valence-corrected chi connectivity index (χ3v) is 2.41. The monoisotopic (exact) mass is 208 g/mol. The van der Waals surface area contributed by atoms with Crippen molar-refractivity contribution in [3.63, 3.8) is 0 Å². The van der Waals surface area contributed by atoms with Gasteiger partial charge in [0.2, 0.25) is 0 Å². The van der Waals surface area contributed by atoms with Gasteiger partial charge in [-0.1, -0.05) is 6.07 Å². The van der Waals surface area contributed by atoms with E-state index < -0.39 is 0 Å². The second-order valence-corrected chi connectivity index (χ2v) is 3.47. The Labute approximate surface area is 91.8 Å². The molecule has 0 amide bonds. The van der Waals surface area contributed by atoms with Crippen LogP contribution in [-0.4, -0.2) is 20.7 Å². The first-order valence-corrected chi connectivity index (χ1v) is 5.30. The van der Waals surface area contributed by atoms with E-state index in [9.17, 15) is 0 Å². The van der Waals surface area contributed by atoms with Gasteiger partial charge in [0.25, 0.3) is 0 Å². The van der Waals surface area contributed by atoms with E-state index >= 15 is 0 Å². The SMILES string of the molecule is CCOc1ccc(C(NC)NC)cc1C. The lowest BCUT2D eigenvalue weighted by molar-refractivity contribution is 0.337. The zero-order valence-corrected chi connectivity index (χ0v) is 9.92. The Morgan fingerprint density at radius 3 is 2.40 bits per heavy atom. The Morgan fingerprint density at radius 1 is 1.27 bits per heavy atom. The van der Waals surface area contributed by atoms with Crippen LogP contribution >= 0.6 is 0 Å². The molecule has 0 atom stereocenters. The van der Waals surface area contributed by atoms with E-state index in [1.807, 2.05) is 27.1 Å². The number of aryl methyl sites for hydroxylation is 1. The molecule has 1 aromatic rings. The number of hydrogen-bond donors (Lipinski definition) is 2. The molecule has 2 N–H and O–H groups in total. The van der Waals surface area contributed by atoms with Crippen LogP contribution < -0.4 is 15.4 Å². The van der Waals surface area contributed by atoms with E-state index in [-0.39, 0.29) is 6.17 Å². The van der Waals surface area contributed by atoms with Crippen LogP contribution in [0.25, 0.3) is 0 Å². The standard InChI is InChI=1S/C12H20N2O/c1-5-15-11-7-6-10(8-9(11)2)12(13-3)14-4/h6-8,12-14H,5H2,1-4H3. The van der Waals surface area contributed by atoms with Crippen molar-refractivity contribution < 1.29 is 4.74 Å². The minimum absolute atomic E-state index is 0.194. The van der Waals surface area contributed by atoms with Crippen LogP contribution in [0.5, 0.6) is 5.75 Å². The quantitative estimate of drug-likeness (QED) is 0.724. The molecule has 0 aliphatic heterocycles. The molecule has 1 aromatic carbocycles. The average Bonchev–Trinajstić information content (AvgIpc) is 2.24.